The average Bonchev–Trinajstić information content (AvgIpc) is 2.77. The van der Waals surface area contributed by atoms with Crippen LogP contribution in [0.25, 0.3) is 0 Å². The summed E-state index contributed by atoms with van der Waals surface area (Å²) in [5.74, 6) is -1.70. The molecular weight excluding hydrogens is 271 g/mol. The molecule has 0 amide bonds. The van der Waals surface area contributed by atoms with E-state index in [9.17, 15) is 13.2 Å². The van der Waals surface area contributed by atoms with Crippen molar-refractivity contribution in [2.24, 2.45) is 5.73 Å². The first-order chi connectivity index (χ1) is 8.39. The van der Waals surface area contributed by atoms with Gasteiger partial charge in [0.25, 0.3) is 5.82 Å². The maximum atomic E-state index is 12.3. The standard InChI is InChI=1S/C10H7ClF3N3O/c11-6-4-2-1-3-5(6)7(15)8-16-9(17-18-8)10(12,13)14/h1-4,7H,15H2/t7-/m1/s1. The molecule has 0 spiro atoms. The molecule has 2 rings (SSSR count). The molecule has 2 N–H and O–H groups in total. The van der Waals surface area contributed by atoms with Crippen LogP contribution in [0.15, 0.2) is 28.8 Å². The lowest BCUT2D eigenvalue weighted by molar-refractivity contribution is -0.146. The first kappa shape index (κ1) is 12.8. The summed E-state index contributed by atoms with van der Waals surface area (Å²) in [5.41, 5.74) is 6.14. The Kier molecular flexibility index (Phi) is 3.27. The van der Waals surface area contributed by atoms with Crippen LogP contribution >= 0.6 is 11.6 Å². The minimum atomic E-state index is -4.66. The van der Waals surface area contributed by atoms with Gasteiger partial charge in [0, 0.05) is 5.02 Å². The Balaban J connectivity index is 2.33. The van der Waals surface area contributed by atoms with Gasteiger partial charge in [-0.25, -0.2) is 0 Å². The lowest BCUT2D eigenvalue weighted by atomic mass is 10.1. The Bertz CT molecular complexity index is 555. The zero-order valence-electron chi connectivity index (χ0n) is 8.78. The number of rotatable bonds is 2. The van der Waals surface area contributed by atoms with Crippen LogP contribution in [0.4, 0.5) is 13.2 Å². The fraction of sp³-hybridized carbons (Fsp3) is 0.200. The maximum Gasteiger partial charge on any atom is 0.455 e. The van der Waals surface area contributed by atoms with E-state index < -0.39 is 18.0 Å². The topological polar surface area (TPSA) is 64.9 Å². The Morgan fingerprint density at radius 3 is 2.50 bits per heavy atom. The summed E-state index contributed by atoms with van der Waals surface area (Å²) in [6, 6.07) is 5.47. The van der Waals surface area contributed by atoms with Gasteiger partial charge in [0.15, 0.2) is 0 Å². The summed E-state index contributed by atoms with van der Waals surface area (Å²) in [6.45, 7) is 0. The fourth-order valence-electron chi connectivity index (χ4n) is 1.34. The van der Waals surface area contributed by atoms with Crippen molar-refractivity contribution >= 4 is 11.6 Å². The number of aromatic nitrogens is 2. The molecule has 0 aliphatic rings. The van der Waals surface area contributed by atoms with E-state index >= 15 is 0 Å². The summed E-state index contributed by atoms with van der Waals surface area (Å²) in [7, 11) is 0. The van der Waals surface area contributed by atoms with Crippen LogP contribution < -0.4 is 5.73 Å². The van der Waals surface area contributed by atoms with Gasteiger partial charge in [-0.15, -0.1) is 0 Å². The SMILES string of the molecule is N[C@@H](c1nc(C(F)(F)F)no1)c1ccccc1Cl. The molecule has 0 unspecified atom stereocenters. The Morgan fingerprint density at radius 1 is 1.28 bits per heavy atom. The van der Waals surface area contributed by atoms with E-state index in [1.54, 1.807) is 24.3 Å². The first-order valence-corrected chi connectivity index (χ1v) is 5.18. The van der Waals surface area contributed by atoms with E-state index in [1.807, 2.05) is 0 Å². The summed E-state index contributed by atoms with van der Waals surface area (Å²) in [5, 5.41) is 3.15. The molecule has 1 atom stereocenters. The summed E-state index contributed by atoms with van der Waals surface area (Å²) >= 11 is 5.87. The smallest absolute Gasteiger partial charge is 0.337 e. The number of halogens is 4. The lowest BCUT2D eigenvalue weighted by Crippen LogP contribution is -2.14. The Morgan fingerprint density at radius 2 is 1.94 bits per heavy atom. The molecule has 0 fully saturated rings. The van der Waals surface area contributed by atoms with E-state index in [2.05, 4.69) is 14.7 Å². The average molecular weight is 278 g/mol. The van der Waals surface area contributed by atoms with Crippen LogP contribution in [0.5, 0.6) is 0 Å². The lowest BCUT2D eigenvalue weighted by Gasteiger charge is -2.08. The third-order valence-electron chi connectivity index (χ3n) is 2.20. The fourth-order valence-corrected chi connectivity index (χ4v) is 1.59. The van der Waals surface area contributed by atoms with Crippen LogP contribution in [-0.2, 0) is 6.18 Å². The van der Waals surface area contributed by atoms with E-state index in [1.165, 1.54) is 0 Å². The molecule has 18 heavy (non-hydrogen) atoms. The van der Waals surface area contributed by atoms with Gasteiger partial charge in [0.05, 0.1) is 0 Å². The molecule has 1 aromatic carbocycles. The molecule has 0 radical (unpaired) electrons. The van der Waals surface area contributed by atoms with Crippen molar-refractivity contribution in [1.82, 2.24) is 10.1 Å². The van der Waals surface area contributed by atoms with Gasteiger partial charge in [0.2, 0.25) is 5.89 Å². The first-order valence-electron chi connectivity index (χ1n) is 4.80. The highest BCUT2D eigenvalue weighted by Gasteiger charge is 2.38. The van der Waals surface area contributed by atoms with E-state index in [0.29, 0.717) is 10.6 Å². The number of hydrogen-bond donors (Lipinski definition) is 1. The second-order valence-corrected chi connectivity index (χ2v) is 3.86. The van der Waals surface area contributed by atoms with Crippen molar-refractivity contribution in [2.45, 2.75) is 12.2 Å². The predicted octanol–water partition coefficient (Wildman–Crippen LogP) is 2.79. The van der Waals surface area contributed by atoms with Gasteiger partial charge in [0.1, 0.15) is 6.04 Å². The molecule has 2 aromatic rings. The second-order valence-electron chi connectivity index (χ2n) is 3.45. The number of benzene rings is 1. The van der Waals surface area contributed by atoms with Gasteiger partial charge < -0.3 is 10.3 Å². The number of nitrogens with zero attached hydrogens (tertiary/aromatic N) is 2. The highest BCUT2D eigenvalue weighted by atomic mass is 35.5. The molecule has 0 aliphatic carbocycles. The van der Waals surface area contributed by atoms with Gasteiger partial charge in [-0.05, 0) is 11.6 Å². The van der Waals surface area contributed by atoms with E-state index in [4.69, 9.17) is 17.3 Å². The third kappa shape index (κ3) is 2.46. The van der Waals surface area contributed by atoms with Crippen molar-refractivity contribution in [3.63, 3.8) is 0 Å². The van der Waals surface area contributed by atoms with Crippen molar-refractivity contribution in [2.75, 3.05) is 0 Å². The molecule has 1 heterocycles. The quantitative estimate of drug-likeness (QED) is 0.917. The molecule has 0 bridgehead atoms. The van der Waals surface area contributed by atoms with Crippen molar-refractivity contribution < 1.29 is 17.7 Å². The zero-order valence-corrected chi connectivity index (χ0v) is 9.53. The minimum absolute atomic E-state index is 0.316. The van der Waals surface area contributed by atoms with Gasteiger partial charge in [-0.1, -0.05) is 35.0 Å². The van der Waals surface area contributed by atoms with Crippen LogP contribution in [0.1, 0.15) is 23.3 Å². The summed E-state index contributed by atoms with van der Waals surface area (Å²) in [6.07, 6.45) is -4.66. The van der Waals surface area contributed by atoms with E-state index in [0.717, 1.165) is 0 Å². The number of hydrogen-bond acceptors (Lipinski definition) is 4. The Labute approximate surface area is 105 Å². The number of alkyl halides is 3. The number of nitrogens with two attached hydrogens (primary N) is 1. The molecule has 96 valence electrons. The molecule has 1 aromatic heterocycles. The van der Waals surface area contributed by atoms with Crippen LogP contribution in [-0.4, -0.2) is 10.1 Å². The van der Waals surface area contributed by atoms with Gasteiger partial charge in [-0.2, -0.15) is 18.2 Å². The monoisotopic (exact) mass is 277 g/mol. The summed E-state index contributed by atoms with van der Waals surface area (Å²) < 4.78 is 41.4. The predicted molar refractivity (Wildman–Crippen MR) is 56.8 cm³/mol. The molecule has 0 aliphatic heterocycles. The van der Waals surface area contributed by atoms with E-state index in [-0.39, 0.29) is 5.89 Å². The van der Waals surface area contributed by atoms with Crippen molar-refractivity contribution in [3.05, 3.63) is 46.6 Å². The summed E-state index contributed by atoms with van der Waals surface area (Å²) in [4.78, 5) is 3.21. The highest BCUT2D eigenvalue weighted by molar-refractivity contribution is 6.31. The van der Waals surface area contributed by atoms with Crippen molar-refractivity contribution in [1.29, 1.82) is 0 Å². The molecule has 0 saturated carbocycles. The minimum Gasteiger partial charge on any atom is -0.337 e. The molecular formula is C10H7ClF3N3O. The molecule has 0 saturated heterocycles. The van der Waals surface area contributed by atoms with Gasteiger partial charge >= 0.3 is 6.18 Å². The highest BCUT2D eigenvalue weighted by Crippen LogP contribution is 2.29. The maximum absolute atomic E-state index is 12.3. The van der Waals surface area contributed by atoms with Crippen molar-refractivity contribution in [3.8, 4) is 0 Å². The molecule has 8 heteroatoms. The van der Waals surface area contributed by atoms with Crippen LogP contribution in [0, 0.1) is 0 Å². The van der Waals surface area contributed by atoms with Crippen LogP contribution in [0.3, 0.4) is 0 Å². The zero-order chi connectivity index (χ0) is 13.3. The van der Waals surface area contributed by atoms with Crippen LogP contribution in [0.2, 0.25) is 5.02 Å². The molecule has 4 nitrogen and oxygen atoms in total. The largest absolute Gasteiger partial charge is 0.455 e. The Hall–Kier alpha value is -1.60. The normalized spacial score (nSPS) is 13.6. The van der Waals surface area contributed by atoms with Gasteiger partial charge in [-0.3, -0.25) is 0 Å². The third-order valence-corrected chi connectivity index (χ3v) is 2.55. The second kappa shape index (κ2) is 4.58.